The minimum Gasteiger partial charge on any atom is -0.459 e. The van der Waals surface area contributed by atoms with Gasteiger partial charge in [0, 0.05) is 0 Å². The fourth-order valence-electron chi connectivity index (χ4n) is 1.76. The van der Waals surface area contributed by atoms with Crippen LogP contribution in [0.3, 0.4) is 0 Å². The zero-order valence-corrected chi connectivity index (χ0v) is 5.62. The summed E-state index contributed by atoms with van der Waals surface area (Å²) in [5.41, 5.74) is 0. The number of ether oxygens (including phenoxy) is 1. The van der Waals surface area contributed by atoms with Crippen LogP contribution in [0, 0.1) is 5.92 Å². The van der Waals surface area contributed by atoms with Crippen LogP contribution in [0.15, 0.2) is 0 Å². The molecule has 3 nitrogen and oxygen atoms in total. The predicted octanol–water partition coefficient (Wildman–Crippen LogP) is 0.0728. The third kappa shape index (κ3) is 0.669. The summed E-state index contributed by atoms with van der Waals surface area (Å²) < 4.78 is 4.91. The van der Waals surface area contributed by atoms with E-state index in [0.29, 0.717) is 0 Å². The summed E-state index contributed by atoms with van der Waals surface area (Å²) in [6.07, 6.45) is 1.95. The van der Waals surface area contributed by atoms with Gasteiger partial charge in [-0.1, -0.05) is 0 Å². The van der Waals surface area contributed by atoms with Crippen molar-refractivity contribution in [3.05, 3.63) is 0 Å². The Hall–Kier alpha value is -0.570. The summed E-state index contributed by atoms with van der Waals surface area (Å²) in [6, 6.07) is 0. The maximum atomic E-state index is 10.9. The van der Waals surface area contributed by atoms with Gasteiger partial charge in [-0.05, 0) is 19.3 Å². The van der Waals surface area contributed by atoms with Gasteiger partial charge in [0.25, 0.3) is 0 Å². The minimum absolute atomic E-state index is 0.189. The van der Waals surface area contributed by atoms with Crippen LogP contribution >= 0.6 is 0 Å². The van der Waals surface area contributed by atoms with E-state index in [1.165, 1.54) is 0 Å². The van der Waals surface area contributed by atoms with Crippen molar-refractivity contribution in [2.75, 3.05) is 0 Å². The number of carbonyl (C=O) groups is 1. The molecule has 2 aliphatic rings. The average molecular weight is 142 g/mol. The van der Waals surface area contributed by atoms with Gasteiger partial charge in [0.15, 0.2) is 0 Å². The molecule has 0 radical (unpaired) electrons. The van der Waals surface area contributed by atoms with Crippen molar-refractivity contribution in [1.29, 1.82) is 0 Å². The maximum absolute atomic E-state index is 10.9. The first-order valence-corrected chi connectivity index (χ1v) is 3.67. The molecule has 1 aliphatic carbocycles. The maximum Gasteiger partial charge on any atom is 0.312 e. The Labute approximate surface area is 59.0 Å². The molecule has 0 aromatic heterocycles. The van der Waals surface area contributed by atoms with Crippen LogP contribution in [0.5, 0.6) is 0 Å². The van der Waals surface area contributed by atoms with Crippen LogP contribution in [0.2, 0.25) is 0 Å². The highest BCUT2D eigenvalue weighted by Gasteiger charge is 2.45. The standard InChI is InChI=1S/C7H10O3/c8-6-4-2-1-3-5(6)10-7(4)9/h4-6,8H,1-3H2. The lowest BCUT2D eigenvalue weighted by molar-refractivity contribution is -0.143. The summed E-state index contributed by atoms with van der Waals surface area (Å²) in [7, 11) is 0. The Morgan fingerprint density at radius 2 is 2.30 bits per heavy atom. The first kappa shape index (κ1) is 6.16. The first-order valence-electron chi connectivity index (χ1n) is 3.67. The third-order valence-electron chi connectivity index (χ3n) is 2.37. The lowest BCUT2D eigenvalue weighted by Crippen LogP contribution is -2.30. The largest absolute Gasteiger partial charge is 0.459 e. The molecule has 3 heteroatoms. The van der Waals surface area contributed by atoms with Crippen molar-refractivity contribution in [2.24, 2.45) is 5.92 Å². The van der Waals surface area contributed by atoms with Gasteiger partial charge < -0.3 is 9.84 Å². The van der Waals surface area contributed by atoms with E-state index in [0.717, 1.165) is 19.3 Å². The monoisotopic (exact) mass is 142 g/mol. The summed E-state index contributed by atoms with van der Waals surface area (Å²) in [5.74, 6) is -0.409. The van der Waals surface area contributed by atoms with E-state index in [1.54, 1.807) is 0 Å². The lowest BCUT2D eigenvalue weighted by atomic mass is 9.87. The molecule has 2 rings (SSSR count). The Kier molecular flexibility index (Phi) is 1.20. The SMILES string of the molecule is O=C1OC2CCCC1C2O. The van der Waals surface area contributed by atoms with Crippen LogP contribution in [-0.2, 0) is 9.53 Å². The summed E-state index contributed by atoms with van der Waals surface area (Å²) >= 11 is 0. The summed E-state index contributed by atoms with van der Waals surface area (Å²) in [6.45, 7) is 0. The molecule has 0 spiro atoms. The van der Waals surface area contributed by atoms with Crippen molar-refractivity contribution in [3.63, 3.8) is 0 Å². The third-order valence-corrected chi connectivity index (χ3v) is 2.37. The van der Waals surface area contributed by atoms with Crippen LogP contribution < -0.4 is 0 Å². The molecule has 1 N–H and O–H groups in total. The molecular weight excluding hydrogens is 132 g/mol. The predicted molar refractivity (Wildman–Crippen MR) is 33.2 cm³/mol. The van der Waals surface area contributed by atoms with Crippen LogP contribution in [0.25, 0.3) is 0 Å². The number of aliphatic hydroxyl groups is 1. The molecule has 1 saturated carbocycles. The lowest BCUT2D eigenvalue weighted by Gasteiger charge is -2.19. The topological polar surface area (TPSA) is 46.5 Å². The van der Waals surface area contributed by atoms with Crippen LogP contribution in [-0.4, -0.2) is 23.3 Å². The molecule has 56 valence electrons. The number of aliphatic hydroxyl groups excluding tert-OH is 1. The normalized spacial score (nSPS) is 45.3. The van der Waals surface area contributed by atoms with Gasteiger partial charge in [-0.25, -0.2) is 0 Å². The van der Waals surface area contributed by atoms with E-state index in [4.69, 9.17) is 4.74 Å². The number of carbonyl (C=O) groups excluding carboxylic acids is 1. The zero-order valence-electron chi connectivity index (χ0n) is 5.62. The number of esters is 1. The van der Waals surface area contributed by atoms with E-state index in [9.17, 15) is 9.90 Å². The Bertz CT molecular complexity index is 166. The summed E-state index contributed by atoms with van der Waals surface area (Å²) in [5, 5.41) is 9.33. The highest BCUT2D eigenvalue weighted by atomic mass is 16.6. The molecule has 3 unspecified atom stereocenters. The molecule has 2 fully saturated rings. The fourth-order valence-corrected chi connectivity index (χ4v) is 1.76. The van der Waals surface area contributed by atoms with Gasteiger partial charge in [-0.2, -0.15) is 0 Å². The van der Waals surface area contributed by atoms with Gasteiger partial charge in [0.1, 0.15) is 12.2 Å². The molecule has 1 saturated heterocycles. The van der Waals surface area contributed by atoms with Crippen molar-refractivity contribution >= 4 is 5.97 Å². The second-order valence-electron chi connectivity index (χ2n) is 3.00. The van der Waals surface area contributed by atoms with Gasteiger partial charge in [-0.15, -0.1) is 0 Å². The number of rotatable bonds is 0. The van der Waals surface area contributed by atoms with E-state index < -0.39 is 6.10 Å². The molecular formula is C7H10O3. The molecule has 10 heavy (non-hydrogen) atoms. The smallest absolute Gasteiger partial charge is 0.312 e. The second kappa shape index (κ2) is 1.95. The van der Waals surface area contributed by atoms with Crippen LogP contribution in [0.1, 0.15) is 19.3 Å². The Balaban J connectivity index is 2.22. The van der Waals surface area contributed by atoms with E-state index >= 15 is 0 Å². The van der Waals surface area contributed by atoms with E-state index in [-0.39, 0.29) is 18.0 Å². The number of hydrogen-bond acceptors (Lipinski definition) is 3. The molecule has 2 bridgehead atoms. The number of hydrogen-bond donors (Lipinski definition) is 1. The van der Waals surface area contributed by atoms with Crippen molar-refractivity contribution in [2.45, 2.75) is 31.5 Å². The molecule has 1 aliphatic heterocycles. The fraction of sp³-hybridized carbons (Fsp3) is 0.857. The average Bonchev–Trinajstić information content (AvgIpc) is 2.16. The molecule has 3 atom stereocenters. The highest BCUT2D eigenvalue weighted by molar-refractivity contribution is 5.76. The highest BCUT2D eigenvalue weighted by Crippen LogP contribution is 2.34. The Morgan fingerprint density at radius 1 is 1.50 bits per heavy atom. The second-order valence-corrected chi connectivity index (χ2v) is 3.00. The van der Waals surface area contributed by atoms with Gasteiger partial charge >= 0.3 is 5.97 Å². The molecule has 0 amide bonds. The molecule has 0 aromatic carbocycles. The van der Waals surface area contributed by atoms with Gasteiger partial charge in [-0.3, -0.25) is 4.79 Å². The summed E-state index contributed by atoms with van der Waals surface area (Å²) in [4.78, 5) is 10.9. The van der Waals surface area contributed by atoms with Crippen molar-refractivity contribution in [3.8, 4) is 0 Å². The van der Waals surface area contributed by atoms with E-state index in [1.807, 2.05) is 0 Å². The first-order chi connectivity index (χ1) is 4.79. The zero-order chi connectivity index (χ0) is 7.14. The van der Waals surface area contributed by atoms with Gasteiger partial charge in [0.05, 0.1) is 5.92 Å². The van der Waals surface area contributed by atoms with E-state index in [2.05, 4.69) is 0 Å². The van der Waals surface area contributed by atoms with Crippen molar-refractivity contribution in [1.82, 2.24) is 0 Å². The number of fused-ring (bicyclic) bond motifs is 2. The van der Waals surface area contributed by atoms with Crippen LogP contribution in [0.4, 0.5) is 0 Å². The van der Waals surface area contributed by atoms with Crippen molar-refractivity contribution < 1.29 is 14.6 Å². The molecule has 1 heterocycles. The molecule has 0 aromatic rings. The minimum atomic E-state index is -0.513. The Morgan fingerprint density at radius 3 is 2.90 bits per heavy atom. The van der Waals surface area contributed by atoms with Gasteiger partial charge in [0.2, 0.25) is 0 Å². The quantitative estimate of drug-likeness (QED) is 0.487.